The molecule has 3 aromatic carbocycles. The zero-order valence-electron chi connectivity index (χ0n) is 14.0. The van der Waals surface area contributed by atoms with E-state index in [2.05, 4.69) is 0 Å². The van der Waals surface area contributed by atoms with Crippen molar-refractivity contribution in [3.05, 3.63) is 101 Å². The Labute approximate surface area is 156 Å². The van der Waals surface area contributed by atoms with Crippen LogP contribution in [0.4, 0.5) is 4.39 Å². The van der Waals surface area contributed by atoms with Gasteiger partial charge in [0.25, 0.3) is 0 Å². The monoisotopic (exact) mass is 364 g/mol. The second kappa shape index (κ2) is 6.96. The molecule has 0 radical (unpaired) electrons. The molecule has 0 saturated heterocycles. The fraction of sp³-hybridized carbons (Fsp3) is 0.136. The van der Waals surface area contributed by atoms with Crippen LogP contribution in [0.15, 0.2) is 78.9 Å². The summed E-state index contributed by atoms with van der Waals surface area (Å²) in [7, 11) is 0. The van der Waals surface area contributed by atoms with Gasteiger partial charge in [-0.05, 0) is 29.3 Å². The van der Waals surface area contributed by atoms with Crippen molar-refractivity contribution in [1.82, 2.24) is 0 Å². The third-order valence-electron chi connectivity index (χ3n) is 4.55. The molecule has 26 heavy (non-hydrogen) atoms. The molecule has 1 atom stereocenters. The predicted molar refractivity (Wildman–Crippen MR) is 102 cm³/mol. The summed E-state index contributed by atoms with van der Waals surface area (Å²) in [6, 6.07) is 23.9. The Morgan fingerprint density at radius 3 is 2.31 bits per heavy atom. The Hall–Kier alpha value is -2.59. The Bertz CT molecular complexity index is 924. The minimum Gasteiger partial charge on any atom is -0.425 e. The first-order chi connectivity index (χ1) is 12.7. The summed E-state index contributed by atoms with van der Waals surface area (Å²) in [4.78, 5) is 12.9. The van der Waals surface area contributed by atoms with Gasteiger partial charge < -0.3 is 4.74 Å². The first-order valence-electron chi connectivity index (χ1n) is 8.41. The molecule has 0 unspecified atom stereocenters. The van der Waals surface area contributed by atoms with Crippen molar-refractivity contribution < 1.29 is 13.9 Å². The molecule has 1 heterocycles. The Balaban J connectivity index is 1.71. The van der Waals surface area contributed by atoms with Crippen molar-refractivity contribution in [3.8, 4) is 5.75 Å². The van der Waals surface area contributed by atoms with Gasteiger partial charge in [-0.15, -0.1) is 11.8 Å². The zero-order valence-corrected chi connectivity index (χ0v) is 14.8. The molecule has 0 amide bonds. The van der Waals surface area contributed by atoms with Crippen LogP contribution in [0.5, 0.6) is 5.75 Å². The number of carbonyl (C=O) groups is 1. The van der Waals surface area contributed by atoms with Crippen molar-refractivity contribution >= 4 is 17.7 Å². The first-order valence-corrected chi connectivity index (χ1v) is 9.40. The zero-order chi connectivity index (χ0) is 18.0. The maximum absolute atomic E-state index is 13.3. The molecule has 2 nitrogen and oxygen atoms in total. The molecule has 0 spiro atoms. The summed E-state index contributed by atoms with van der Waals surface area (Å²) in [5.41, 5.74) is 2.93. The third-order valence-corrected chi connectivity index (χ3v) is 6.05. The fourth-order valence-electron chi connectivity index (χ4n) is 3.21. The van der Waals surface area contributed by atoms with Gasteiger partial charge in [0, 0.05) is 17.7 Å². The number of benzene rings is 3. The highest BCUT2D eigenvalue weighted by molar-refractivity contribution is 8.00. The average molecular weight is 364 g/mol. The van der Waals surface area contributed by atoms with Crippen LogP contribution in [-0.4, -0.2) is 5.97 Å². The van der Waals surface area contributed by atoms with E-state index < -0.39 is 4.75 Å². The lowest BCUT2D eigenvalue weighted by molar-refractivity contribution is -0.135. The molecular formula is C22H17FO2S. The highest BCUT2D eigenvalue weighted by atomic mass is 32.2. The van der Waals surface area contributed by atoms with Crippen LogP contribution in [0.3, 0.4) is 0 Å². The Morgan fingerprint density at radius 1 is 0.846 bits per heavy atom. The molecule has 3 aromatic rings. The van der Waals surface area contributed by atoms with Crippen LogP contribution >= 0.6 is 11.8 Å². The molecule has 130 valence electrons. The minimum atomic E-state index is -0.829. The van der Waals surface area contributed by atoms with E-state index in [1.54, 1.807) is 23.9 Å². The van der Waals surface area contributed by atoms with Gasteiger partial charge in [0.15, 0.2) is 0 Å². The normalized spacial score (nSPS) is 18.4. The van der Waals surface area contributed by atoms with Gasteiger partial charge >= 0.3 is 5.97 Å². The van der Waals surface area contributed by atoms with Crippen molar-refractivity contribution in [2.24, 2.45) is 0 Å². The Kier molecular flexibility index (Phi) is 4.51. The maximum atomic E-state index is 13.3. The lowest BCUT2D eigenvalue weighted by Gasteiger charge is -2.26. The molecule has 4 heteroatoms. The quantitative estimate of drug-likeness (QED) is 0.464. The number of rotatable bonds is 5. The molecule has 0 bridgehead atoms. The first kappa shape index (κ1) is 16.9. The topological polar surface area (TPSA) is 26.3 Å². The summed E-state index contributed by atoms with van der Waals surface area (Å²) in [5, 5.41) is 0. The van der Waals surface area contributed by atoms with E-state index in [9.17, 15) is 9.18 Å². The van der Waals surface area contributed by atoms with E-state index in [-0.39, 0.29) is 11.8 Å². The van der Waals surface area contributed by atoms with Crippen LogP contribution in [0, 0.1) is 5.82 Å². The second-order valence-corrected chi connectivity index (χ2v) is 7.56. The lowest BCUT2D eigenvalue weighted by atomic mass is 9.92. The van der Waals surface area contributed by atoms with Crippen LogP contribution in [0.1, 0.15) is 16.7 Å². The summed E-state index contributed by atoms with van der Waals surface area (Å²) >= 11 is 1.57. The number of thioether (sulfide) groups is 1. The standard InChI is InChI=1S/C22H17FO2S/c23-18-12-10-16(11-13-18)14-22(26-15-17-6-2-1-3-7-17)19-8-4-5-9-20(19)25-21(22)24/h1-13H,14-15H2/t22-/m0/s1. The van der Waals surface area contributed by atoms with Gasteiger partial charge in [0.05, 0.1) is 0 Å². The molecule has 0 aromatic heterocycles. The van der Waals surface area contributed by atoms with Crippen LogP contribution < -0.4 is 4.74 Å². The van der Waals surface area contributed by atoms with Gasteiger partial charge in [-0.2, -0.15) is 0 Å². The number of halogens is 1. The largest absolute Gasteiger partial charge is 0.425 e. The molecule has 0 N–H and O–H groups in total. The lowest BCUT2D eigenvalue weighted by Crippen LogP contribution is -2.33. The number of ether oxygens (including phenoxy) is 1. The molecule has 4 rings (SSSR count). The van der Waals surface area contributed by atoms with E-state index >= 15 is 0 Å². The van der Waals surface area contributed by atoms with Gasteiger partial charge in [0.2, 0.25) is 0 Å². The van der Waals surface area contributed by atoms with Crippen LogP contribution in [0.25, 0.3) is 0 Å². The summed E-state index contributed by atoms with van der Waals surface area (Å²) in [5.74, 6) is 0.754. The van der Waals surface area contributed by atoms with E-state index in [0.29, 0.717) is 17.9 Å². The predicted octanol–water partition coefficient (Wildman–Crippen LogP) is 5.12. The van der Waals surface area contributed by atoms with Crippen molar-refractivity contribution in [1.29, 1.82) is 0 Å². The molecule has 1 aliphatic heterocycles. The van der Waals surface area contributed by atoms with Gasteiger partial charge in [0.1, 0.15) is 16.3 Å². The molecule has 0 fully saturated rings. The number of hydrogen-bond acceptors (Lipinski definition) is 3. The Morgan fingerprint density at radius 2 is 1.54 bits per heavy atom. The molecule has 0 saturated carbocycles. The fourth-order valence-corrected chi connectivity index (χ4v) is 4.57. The van der Waals surface area contributed by atoms with Gasteiger partial charge in [-0.3, -0.25) is 0 Å². The highest BCUT2D eigenvalue weighted by Crippen LogP contribution is 2.50. The van der Waals surface area contributed by atoms with E-state index in [1.807, 2.05) is 54.6 Å². The summed E-state index contributed by atoms with van der Waals surface area (Å²) in [6.45, 7) is 0. The van der Waals surface area contributed by atoms with Crippen molar-refractivity contribution in [2.45, 2.75) is 16.9 Å². The number of para-hydroxylation sites is 1. The summed E-state index contributed by atoms with van der Waals surface area (Å²) < 4.78 is 18.0. The van der Waals surface area contributed by atoms with Crippen molar-refractivity contribution in [3.63, 3.8) is 0 Å². The smallest absolute Gasteiger partial charge is 0.332 e. The SMILES string of the molecule is O=C1Oc2ccccc2[C@]1(Cc1ccc(F)cc1)SCc1ccccc1. The van der Waals surface area contributed by atoms with Gasteiger partial charge in [-0.25, -0.2) is 9.18 Å². The second-order valence-electron chi connectivity index (χ2n) is 6.29. The number of carbonyl (C=O) groups excluding carboxylic acids is 1. The summed E-state index contributed by atoms with van der Waals surface area (Å²) in [6.07, 6.45) is 0.459. The number of hydrogen-bond donors (Lipinski definition) is 0. The molecule has 1 aliphatic rings. The van der Waals surface area contributed by atoms with Crippen LogP contribution in [0.2, 0.25) is 0 Å². The van der Waals surface area contributed by atoms with Gasteiger partial charge in [-0.1, -0.05) is 60.7 Å². The minimum absolute atomic E-state index is 0.260. The third kappa shape index (κ3) is 3.13. The maximum Gasteiger partial charge on any atom is 0.332 e. The van der Waals surface area contributed by atoms with E-state index in [4.69, 9.17) is 4.74 Å². The van der Waals surface area contributed by atoms with E-state index in [1.165, 1.54) is 12.1 Å². The molecule has 0 aliphatic carbocycles. The number of fused-ring (bicyclic) bond motifs is 1. The number of esters is 1. The van der Waals surface area contributed by atoms with Crippen molar-refractivity contribution in [2.75, 3.05) is 0 Å². The highest BCUT2D eigenvalue weighted by Gasteiger charge is 2.49. The van der Waals surface area contributed by atoms with E-state index in [0.717, 1.165) is 16.7 Å². The molecular weight excluding hydrogens is 347 g/mol. The average Bonchev–Trinajstić information content (AvgIpc) is 2.95. The van der Waals surface area contributed by atoms with Crippen LogP contribution in [-0.2, 0) is 21.7 Å².